The number of nitrogens with one attached hydrogen (secondary N) is 1. The Hall–Kier alpha value is -2.89. The predicted molar refractivity (Wildman–Crippen MR) is 87.4 cm³/mol. The third kappa shape index (κ3) is 3.48. The monoisotopic (exact) mass is 309 g/mol. The van der Waals surface area contributed by atoms with Crippen LogP contribution in [0.15, 0.2) is 55.0 Å². The fourth-order valence-corrected chi connectivity index (χ4v) is 2.33. The molecule has 1 N–H and O–H groups in total. The largest absolute Gasteiger partial charge is 0.349 e. The molecule has 23 heavy (non-hydrogen) atoms. The number of rotatable bonds is 5. The minimum Gasteiger partial charge on any atom is -0.349 e. The second kappa shape index (κ2) is 6.48. The lowest BCUT2D eigenvalue weighted by molar-refractivity contribution is -0.124. The number of hydrogen-bond acceptors (Lipinski definition) is 3. The standard InChI is InChI=1S/C17H19N5O/c1-13(17(23)18-11-16-8-9-21(2)20-16)22-12-15(10-19-22)14-6-4-3-5-7-14/h3-10,12-13H,11H2,1-2H3,(H,18,23)/t13-/m0/s1. The van der Waals surface area contributed by atoms with Crippen molar-refractivity contribution < 1.29 is 4.79 Å². The molecule has 118 valence electrons. The summed E-state index contributed by atoms with van der Waals surface area (Å²) in [5.41, 5.74) is 2.91. The number of carbonyl (C=O) groups excluding carboxylic acids is 1. The Morgan fingerprint density at radius 3 is 2.70 bits per heavy atom. The molecule has 0 spiro atoms. The van der Waals surface area contributed by atoms with Crippen molar-refractivity contribution in [3.8, 4) is 11.1 Å². The van der Waals surface area contributed by atoms with Gasteiger partial charge < -0.3 is 5.32 Å². The van der Waals surface area contributed by atoms with Crippen molar-refractivity contribution in [3.63, 3.8) is 0 Å². The van der Waals surface area contributed by atoms with E-state index in [9.17, 15) is 4.79 Å². The van der Waals surface area contributed by atoms with Crippen LogP contribution < -0.4 is 5.32 Å². The van der Waals surface area contributed by atoms with Gasteiger partial charge in [-0.3, -0.25) is 14.2 Å². The maximum absolute atomic E-state index is 12.3. The van der Waals surface area contributed by atoms with E-state index in [1.165, 1.54) is 0 Å². The molecule has 1 atom stereocenters. The van der Waals surface area contributed by atoms with Crippen molar-refractivity contribution >= 4 is 5.91 Å². The van der Waals surface area contributed by atoms with Gasteiger partial charge in [-0.2, -0.15) is 10.2 Å². The fourth-order valence-electron chi connectivity index (χ4n) is 2.33. The zero-order chi connectivity index (χ0) is 16.2. The summed E-state index contributed by atoms with van der Waals surface area (Å²) < 4.78 is 3.39. The smallest absolute Gasteiger partial charge is 0.244 e. The van der Waals surface area contributed by atoms with Gasteiger partial charge in [0.05, 0.1) is 18.4 Å². The van der Waals surface area contributed by atoms with E-state index in [2.05, 4.69) is 15.5 Å². The molecule has 0 bridgehead atoms. The molecule has 0 aliphatic heterocycles. The Kier molecular flexibility index (Phi) is 4.23. The van der Waals surface area contributed by atoms with Crippen molar-refractivity contribution in [3.05, 3.63) is 60.7 Å². The molecule has 2 heterocycles. The van der Waals surface area contributed by atoms with Gasteiger partial charge in [0.2, 0.25) is 5.91 Å². The van der Waals surface area contributed by atoms with Crippen LogP contribution in [-0.2, 0) is 18.4 Å². The highest BCUT2D eigenvalue weighted by Crippen LogP contribution is 2.19. The van der Waals surface area contributed by atoms with E-state index in [4.69, 9.17) is 0 Å². The van der Waals surface area contributed by atoms with Crippen LogP contribution in [0.2, 0.25) is 0 Å². The number of carbonyl (C=O) groups is 1. The number of nitrogens with zero attached hydrogens (tertiary/aromatic N) is 4. The van der Waals surface area contributed by atoms with E-state index in [0.717, 1.165) is 16.8 Å². The summed E-state index contributed by atoms with van der Waals surface area (Å²) in [6.45, 7) is 2.24. The summed E-state index contributed by atoms with van der Waals surface area (Å²) in [6.07, 6.45) is 5.52. The molecular formula is C17H19N5O. The first kappa shape index (κ1) is 15.0. The van der Waals surface area contributed by atoms with Crippen molar-refractivity contribution in [1.29, 1.82) is 0 Å². The fraction of sp³-hybridized carbons (Fsp3) is 0.235. The highest BCUT2D eigenvalue weighted by molar-refractivity contribution is 5.79. The Bertz CT molecular complexity index is 790. The summed E-state index contributed by atoms with van der Waals surface area (Å²) in [5, 5.41) is 11.4. The SMILES string of the molecule is C[C@@H](C(=O)NCc1ccn(C)n1)n1cc(-c2ccccc2)cn1. The van der Waals surface area contributed by atoms with Gasteiger partial charge in [-0.05, 0) is 18.6 Å². The molecule has 3 rings (SSSR count). The van der Waals surface area contributed by atoms with Crippen LogP contribution in [0.1, 0.15) is 18.7 Å². The van der Waals surface area contributed by atoms with Gasteiger partial charge in [-0.25, -0.2) is 0 Å². The number of amides is 1. The Morgan fingerprint density at radius 1 is 1.22 bits per heavy atom. The molecule has 6 nitrogen and oxygen atoms in total. The van der Waals surface area contributed by atoms with Crippen LogP contribution in [0.3, 0.4) is 0 Å². The number of aryl methyl sites for hydroxylation is 1. The lowest BCUT2D eigenvalue weighted by atomic mass is 10.1. The van der Waals surface area contributed by atoms with Crippen molar-refractivity contribution in [2.24, 2.45) is 7.05 Å². The van der Waals surface area contributed by atoms with Crippen LogP contribution in [0.25, 0.3) is 11.1 Å². The van der Waals surface area contributed by atoms with Crippen LogP contribution in [0, 0.1) is 0 Å². The van der Waals surface area contributed by atoms with Crippen LogP contribution in [0.5, 0.6) is 0 Å². The quantitative estimate of drug-likeness (QED) is 0.785. The first-order valence-electron chi connectivity index (χ1n) is 7.49. The van der Waals surface area contributed by atoms with Gasteiger partial charge in [0, 0.05) is 25.0 Å². The Balaban J connectivity index is 1.64. The molecule has 0 saturated carbocycles. The van der Waals surface area contributed by atoms with Gasteiger partial charge in [0.1, 0.15) is 6.04 Å². The molecule has 0 radical (unpaired) electrons. The Labute approximate surface area is 134 Å². The summed E-state index contributed by atoms with van der Waals surface area (Å²) in [4.78, 5) is 12.3. The predicted octanol–water partition coefficient (Wildman–Crippen LogP) is 2.16. The maximum atomic E-state index is 12.3. The lowest BCUT2D eigenvalue weighted by Gasteiger charge is -2.11. The normalized spacial score (nSPS) is 12.1. The molecule has 0 fully saturated rings. The number of hydrogen-bond donors (Lipinski definition) is 1. The van der Waals surface area contributed by atoms with Crippen LogP contribution in [0.4, 0.5) is 0 Å². The molecule has 2 aromatic heterocycles. The molecular weight excluding hydrogens is 290 g/mol. The van der Waals surface area contributed by atoms with Crippen molar-refractivity contribution in [2.75, 3.05) is 0 Å². The van der Waals surface area contributed by atoms with E-state index in [0.29, 0.717) is 6.54 Å². The highest BCUT2D eigenvalue weighted by Gasteiger charge is 2.16. The first-order valence-corrected chi connectivity index (χ1v) is 7.49. The molecule has 3 aromatic rings. The van der Waals surface area contributed by atoms with Gasteiger partial charge >= 0.3 is 0 Å². The minimum absolute atomic E-state index is 0.0848. The molecule has 0 unspecified atom stereocenters. The lowest BCUT2D eigenvalue weighted by Crippen LogP contribution is -2.31. The van der Waals surface area contributed by atoms with Gasteiger partial charge in [-0.1, -0.05) is 30.3 Å². The maximum Gasteiger partial charge on any atom is 0.244 e. The summed E-state index contributed by atoms with van der Waals surface area (Å²) >= 11 is 0. The second-order valence-electron chi connectivity index (χ2n) is 5.45. The van der Waals surface area contributed by atoms with Gasteiger partial charge in [0.25, 0.3) is 0 Å². The molecule has 6 heteroatoms. The van der Waals surface area contributed by atoms with Gasteiger partial charge in [-0.15, -0.1) is 0 Å². The molecule has 0 aliphatic carbocycles. The summed E-state index contributed by atoms with van der Waals surface area (Å²) in [6, 6.07) is 11.5. The molecule has 1 amide bonds. The van der Waals surface area contributed by atoms with Crippen molar-refractivity contribution in [1.82, 2.24) is 24.9 Å². The molecule has 1 aromatic carbocycles. The summed E-state index contributed by atoms with van der Waals surface area (Å²) in [5.74, 6) is -0.0848. The van der Waals surface area contributed by atoms with E-state index >= 15 is 0 Å². The second-order valence-corrected chi connectivity index (χ2v) is 5.45. The van der Waals surface area contributed by atoms with E-state index in [1.54, 1.807) is 15.6 Å². The van der Waals surface area contributed by atoms with Crippen LogP contribution in [-0.4, -0.2) is 25.5 Å². The molecule has 0 aliphatic rings. The Morgan fingerprint density at radius 2 is 2.00 bits per heavy atom. The zero-order valence-corrected chi connectivity index (χ0v) is 13.2. The van der Waals surface area contributed by atoms with Gasteiger partial charge in [0.15, 0.2) is 0 Å². The van der Waals surface area contributed by atoms with E-state index < -0.39 is 0 Å². The molecule has 0 saturated heterocycles. The van der Waals surface area contributed by atoms with E-state index in [-0.39, 0.29) is 11.9 Å². The average Bonchev–Trinajstić information content (AvgIpc) is 3.22. The van der Waals surface area contributed by atoms with Crippen molar-refractivity contribution in [2.45, 2.75) is 19.5 Å². The highest BCUT2D eigenvalue weighted by atomic mass is 16.2. The number of aromatic nitrogens is 4. The topological polar surface area (TPSA) is 64.7 Å². The third-order valence-corrected chi connectivity index (χ3v) is 3.70. The minimum atomic E-state index is -0.379. The average molecular weight is 309 g/mol. The third-order valence-electron chi connectivity index (χ3n) is 3.70. The van der Waals surface area contributed by atoms with E-state index in [1.807, 2.05) is 62.8 Å². The zero-order valence-electron chi connectivity index (χ0n) is 13.2. The number of benzene rings is 1. The summed E-state index contributed by atoms with van der Waals surface area (Å²) in [7, 11) is 1.85. The first-order chi connectivity index (χ1) is 11.1. The van der Waals surface area contributed by atoms with Crippen LogP contribution >= 0.6 is 0 Å².